The predicted octanol–water partition coefficient (Wildman–Crippen LogP) is 3.21. The minimum absolute atomic E-state index is 0.128. The van der Waals surface area contributed by atoms with Crippen LogP contribution in [-0.4, -0.2) is 22.0 Å². The average molecular weight is 396 g/mol. The van der Waals surface area contributed by atoms with Gasteiger partial charge in [0, 0.05) is 11.9 Å². The summed E-state index contributed by atoms with van der Waals surface area (Å²) in [5.74, 6) is -0.314. The van der Waals surface area contributed by atoms with E-state index in [9.17, 15) is 9.59 Å². The highest BCUT2D eigenvalue weighted by atomic mass is 32.1. The summed E-state index contributed by atoms with van der Waals surface area (Å²) in [6.07, 6.45) is 0.0133. The summed E-state index contributed by atoms with van der Waals surface area (Å²) in [7, 11) is 0. The van der Waals surface area contributed by atoms with Gasteiger partial charge in [0.2, 0.25) is 5.91 Å². The molecule has 0 unspecified atom stereocenters. The normalized spacial score (nSPS) is 10.4. The van der Waals surface area contributed by atoms with Crippen molar-refractivity contribution in [2.24, 2.45) is 0 Å². The minimum atomic E-state index is -0.933. The van der Waals surface area contributed by atoms with Gasteiger partial charge in [0.05, 0.1) is 18.5 Å². The van der Waals surface area contributed by atoms with Crippen LogP contribution in [0, 0.1) is 0 Å². The SMILES string of the molecule is O=C(O)Cc1csc(CC(=O)NCc2ccc(OCc3ccccc3)cc2)n1. The van der Waals surface area contributed by atoms with Crippen LogP contribution in [0.2, 0.25) is 0 Å². The van der Waals surface area contributed by atoms with Crippen molar-refractivity contribution >= 4 is 23.2 Å². The first-order chi connectivity index (χ1) is 13.6. The number of rotatable bonds is 9. The standard InChI is InChI=1S/C21H20N2O4S/c24-19(11-20-23-17(14-28-20)10-21(25)26)22-12-15-6-8-18(9-7-15)27-13-16-4-2-1-3-5-16/h1-9,14H,10-13H2,(H,22,24)(H,25,26). The molecule has 0 aliphatic rings. The zero-order chi connectivity index (χ0) is 19.8. The number of hydrogen-bond acceptors (Lipinski definition) is 5. The summed E-state index contributed by atoms with van der Waals surface area (Å²) >= 11 is 1.30. The largest absolute Gasteiger partial charge is 0.489 e. The topological polar surface area (TPSA) is 88.5 Å². The van der Waals surface area contributed by atoms with Gasteiger partial charge in [-0.05, 0) is 23.3 Å². The molecule has 28 heavy (non-hydrogen) atoms. The molecule has 1 amide bonds. The van der Waals surface area contributed by atoms with Crippen LogP contribution >= 0.6 is 11.3 Å². The molecule has 1 aromatic heterocycles. The van der Waals surface area contributed by atoms with Gasteiger partial charge in [-0.1, -0.05) is 42.5 Å². The molecule has 0 atom stereocenters. The van der Waals surface area contributed by atoms with E-state index >= 15 is 0 Å². The second-order valence-electron chi connectivity index (χ2n) is 6.17. The van der Waals surface area contributed by atoms with Crippen LogP contribution in [0.5, 0.6) is 5.75 Å². The van der Waals surface area contributed by atoms with E-state index in [4.69, 9.17) is 9.84 Å². The lowest BCUT2D eigenvalue weighted by atomic mass is 10.2. The Balaban J connectivity index is 1.43. The summed E-state index contributed by atoms with van der Waals surface area (Å²) in [6, 6.07) is 17.5. The maximum Gasteiger partial charge on any atom is 0.309 e. The van der Waals surface area contributed by atoms with Gasteiger partial charge in [-0.2, -0.15) is 0 Å². The van der Waals surface area contributed by atoms with Crippen molar-refractivity contribution < 1.29 is 19.4 Å². The molecule has 0 aliphatic heterocycles. The van der Waals surface area contributed by atoms with E-state index in [1.54, 1.807) is 5.38 Å². The molecule has 2 N–H and O–H groups in total. The van der Waals surface area contributed by atoms with Crippen molar-refractivity contribution in [3.8, 4) is 5.75 Å². The fraction of sp³-hybridized carbons (Fsp3) is 0.190. The minimum Gasteiger partial charge on any atom is -0.489 e. The van der Waals surface area contributed by atoms with Crippen molar-refractivity contribution in [3.63, 3.8) is 0 Å². The fourth-order valence-corrected chi connectivity index (χ4v) is 3.30. The van der Waals surface area contributed by atoms with E-state index in [0.717, 1.165) is 16.9 Å². The van der Waals surface area contributed by atoms with Crippen molar-refractivity contribution in [2.75, 3.05) is 0 Å². The second-order valence-corrected chi connectivity index (χ2v) is 7.12. The van der Waals surface area contributed by atoms with Crippen LogP contribution in [0.3, 0.4) is 0 Å². The number of hydrogen-bond donors (Lipinski definition) is 2. The van der Waals surface area contributed by atoms with Gasteiger partial charge in [0.25, 0.3) is 0 Å². The Morgan fingerprint density at radius 3 is 2.46 bits per heavy atom. The molecule has 1 heterocycles. The van der Waals surface area contributed by atoms with E-state index in [1.807, 2.05) is 54.6 Å². The lowest BCUT2D eigenvalue weighted by molar-refractivity contribution is -0.136. The molecular formula is C21H20N2O4S. The molecule has 0 fully saturated rings. The molecular weight excluding hydrogens is 376 g/mol. The monoisotopic (exact) mass is 396 g/mol. The van der Waals surface area contributed by atoms with E-state index in [-0.39, 0.29) is 18.7 Å². The highest BCUT2D eigenvalue weighted by molar-refractivity contribution is 7.09. The Morgan fingerprint density at radius 1 is 1.00 bits per heavy atom. The van der Waals surface area contributed by atoms with Gasteiger partial charge < -0.3 is 15.2 Å². The van der Waals surface area contributed by atoms with E-state index in [0.29, 0.717) is 23.9 Å². The number of carbonyl (C=O) groups excluding carboxylic acids is 1. The quantitative estimate of drug-likeness (QED) is 0.580. The van der Waals surface area contributed by atoms with Gasteiger partial charge in [-0.3, -0.25) is 9.59 Å². The Bertz CT molecular complexity index is 923. The molecule has 3 aromatic rings. The molecule has 0 saturated carbocycles. The fourth-order valence-electron chi connectivity index (χ4n) is 2.51. The van der Waals surface area contributed by atoms with E-state index in [1.165, 1.54) is 11.3 Å². The smallest absolute Gasteiger partial charge is 0.309 e. The molecule has 3 rings (SSSR count). The van der Waals surface area contributed by atoms with Crippen molar-refractivity contribution in [3.05, 3.63) is 81.8 Å². The maximum absolute atomic E-state index is 12.1. The van der Waals surface area contributed by atoms with Gasteiger partial charge >= 0.3 is 5.97 Å². The summed E-state index contributed by atoms with van der Waals surface area (Å²) in [4.78, 5) is 26.9. The van der Waals surface area contributed by atoms with Gasteiger partial charge in [0.15, 0.2) is 0 Å². The predicted molar refractivity (Wildman–Crippen MR) is 106 cm³/mol. The average Bonchev–Trinajstić information content (AvgIpc) is 3.12. The Labute approximate surface area is 166 Å². The lowest BCUT2D eigenvalue weighted by Crippen LogP contribution is -2.24. The third-order valence-corrected chi connectivity index (χ3v) is 4.80. The van der Waals surface area contributed by atoms with Crippen LogP contribution in [-0.2, 0) is 35.6 Å². The van der Waals surface area contributed by atoms with Crippen LogP contribution in [0.15, 0.2) is 60.0 Å². The number of carbonyl (C=O) groups is 2. The zero-order valence-electron chi connectivity index (χ0n) is 15.1. The van der Waals surface area contributed by atoms with Crippen LogP contribution in [0.4, 0.5) is 0 Å². The third kappa shape index (κ3) is 6.21. The Morgan fingerprint density at radius 2 is 1.75 bits per heavy atom. The lowest BCUT2D eigenvalue weighted by Gasteiger charge is -2.08. The first kappa shape index (κ1) is 19.6. The number of carboxylic acids is 1. The van der Waals surface area contributed by atoms with Gasteiger partial charge in [-0.15, -0.1) is 11.3 Å². The summed E-state index contributed by atoms with van der Waals surface area (Å²) in [5, 5.41) is 13.9. The Kier molecular flexibility index (Phi) is 6.75. The number of nitrogens with zero attached hydrogens (tertiary/aromatic N) is 1. The number of nitrogens with one attached hydrogen (secondary N) is 1. The van der Waals surface area contributed by atoms with Crippen molar-refractivity contribution in [1.82, 2.24) is 10.3 Å². The number of thiazole rings is 1. The van der Waals surface area contributed by atoms with Crippen LogP contribution in [0.1, 0.15) is 21.8 Å². The molecule has 0 spiro atoms. The molecule has 6 nitrogen and oxygen atoms in total. The van der Waals surface area contributed by atoms with Crippen molar-refractivity contribution in [1.29, 1.82) is 0 Å². The number of benzene rings is 2. The molecule has 0 radical (unpaired) electrons. The van der Waals surface area contributed by atoms with Gasteiger partial charge in [0.1, 0.15) is 17.4 Å². The highest BCUT2D eigenvalue weighted by Gasteiger charge is 2.10. The number of carboxylic acid groups (broad SMARTS) is 1. The molecule has 7 heteroatoms. The van der Waals surface area contributed by atoms with E-state index in [2.05, 4.69) is 10.3 Å². The summed E-state index contributed by atoms with van der Waals surface area (Å²) in [6.45, 7) is 0.916. The third-order valence-electron chi connectivity index (χ3n) is 3.90. The number of ether oxygens (including phenoxy) is 1. The zero-order valence-corrected chi connectivity index (χ0v) is 15.9. The highest BCUT2D eigenvalue weighted by Crippen LogP contribution is 2.15. The molecule has 144 valence electrons. The number of amides is 1. The molecule has 0 saturated heterocycles. The second kappa shape index (κ2) is 9.66. The van der Waals surface area contributed by atoms with Crippen LogP contribution < -0.4 is 10.1 Å². The van der Waals surface area contributed by atoms with Crippen LogP contribution in [0.25, 0.3) is 0 Å². The van der Waals surface area contributed by atoms with Crippen molar-refractivity contribution in [2.45, 2.75) is 26.0 Å². The molecule has 2 aromatic carbocycles. The Hall–Kier alpha value is -3.19. The molecule has 0 bridgehead atoms. The summed E-state index contributed by atoms with van der Waals surface area (Å²) in [5.41, 5.74) is 2.55. The van der Waals surface area contributed by atoms with Gasteiger partial charge in [-0.25, -0.2) is 4.98 Å². The van der Waals surface area contributed by atoms with E-state index < -0.39 is 5.97 Å². The first-order valence-corrected chi connectivity index (χ1v) is 9.64. The maximum atomic E-state index is 12.1. The number of aromatic nitrogens is 1. The molecule has 0 aliphatic carbocycles. The first-order valence-electron chi connectivity index (χ1n) is 8.76. The number of aliphatic carboxylic acids is 1. The summed E-state index contributed by atoms with van der Waals surface area (Å²) < 4.78 is 5.75.